The Bertz CT molecular complexity index is 1080. The van der Waals surface area contributed by atoms with Crippen molar-refractivity contribution in [1.29, 1.82) is 0 Å². The molecule has 1 N–H and O–H groups in total. The molecule has 4 nitrogen and oxygen atoms in total. The average Bonchev–Trinajstić information content (AvgIpc) is 3.28. The summed E-state index contributed by atoms with van der Waals surface area (Å²) in [7, 11) is 1.65. The Balaban J connectivity index is 1.40. The smallest absolute Gasteiger partial charge is 0.237 e. The van der Waals surface area contributed by atoms with Crippen LogP contribution in [0.1, 0.15) is 29.5 Å². The second kappa shape index (κ2) is 10.2. The van der Waals surface area contributed by atoms with E-state index in [2.05, 4.69) is 40.5 Å². The lowest BCUT2D eigenvalue weighted by atomic mass is 10.0. The molecule has 32 heavy (non-hydrogen) atoms. The normalized spacial score (nSPS) is 16.2. The molecule has 1 aliphatic heterocycles. The van der Waals surface area contributed by atoms with E-state index in [1.54, 1.807) is 7.11 Å². The molecule has 1 unspecified atom stereocenters. The number of nitrogens with one attached hydrogen (secondary N) is 1. The minimum absolute atomic E-state index is 0.0919. The second-order valence-corrected chi connectivity index (χ2v) is 8.77. The van der Waals surface area contributed by atoms with Crippen LogP contribution in [0.15, 0.2) is 66.7 Å². The van der Waals surface area contributed by atoms with E-state index in [0.717, 1.165) is 59.0 Å². The predicted octanol–water partition coefficient (Wildman–Crippen LogP) is 5.60. The van der Waals surface area contributed by atoms with Gasteiger partial charge < -0.3 is 10.1 Å². The number of carbonyl (C=O) groups is 1. The maximum atomic E-state index is 12.9. The van der Waals surface area contributed by atoms with E-state index in [1.165, 1.54) is 5.56 Å². The minimum atomic E-state index is -0.0919. The van der Waals surface area contributed by atoms with Gasteiger partial charge in [0.25, 0.3) is 0 Å². The third kappa shape index (κ3) is 5.32. The van der Waals surface area contributed by atoms with Gasteiger partial charge in [-0.3, -0.25) is 9.69 Å². The molecule has 5 heteroatoms. The van der Waals surface area contributed by atoms with Gasteiger partial charge >= 0.3 is 0 Å². The fraction of sp³-hybridized carbons (Fsp3) is 0.296. The van der Waals surface area contributed by atoms with Crippen molar-refractivity contribution in [3.05, 3.63) is 88.4 Å². The number of ether oxygens (including phenoxy) is 1. The van der Waals surface area contributed by atoms with Gasteiger partial charge in [-0.1, -0.05) is 54.1 Å². The molecule has 4 rings (SSSR count). The minimum Gasteiger partial charge on any atom is -0.497 e. The van der Waals surface area contributed by atoms with Crippen LogP contribution in [0.3, 0.4) is 0 Å². The van der Waals surface area contributed by atoms with Crippen LogP contribution in [0.25, 0.3) is 11.1 Å². The standard InChI is InChI=1S/C27H29ClN2O2/c1-19-8-11-23(16-25(19)28)22-6-3-5-21(15-22)18-30-14-4-7-26(30)27(31)29-17-20-9-12-24(32-2)13-10-20/h3,5-6,8-13,15-16,26H,4,7,14,17-18H2,1-2H3,(H,29,31). The van der Waals surface area contributed by atoms with Crippen molar-refractivity contribution in [1.82, 2.24) is 10.2 Å². The molecule has 1 saturated heterocycles. The van der Waals surface area contributed by atoms with E-state index in [1.807, 2.05) is 43.3 Å². The summed E-state index contributed by atoms with van der Waals surface area (Å²) in [6.07, 6.45) is 1.93. The van der Waals surface area contributed by atoms with Crippen molar-refractivity contribution in [3.8, 4) is 16.9 Å². The maximum Gasteiger partial charge on any atom is 0.237 e. The van der Waals surface area contributed by atoms with Crippen LogP contribution >= 0.6 is 11.6 Å². The summed E-state index contributed by atoms with van der Waals surface area (Å²) in [5, 5.41) is 3.89. The molecule has 0 aromatic heterocycles. The van der Waals surface area contributed by atoms with Gasteiger partial charge in [0.1, 0.15) is 5.75 Å². The number of halogens is 1. The first kappa shape index (κ1) is 22.4. The summed E-state index contributed by atoms with van der Waals surface area (Å²) < 4.78 is 5.19. The van der Waals surface area contributed by atoms with Gasteiger partial charge in [0.05, 0.1) is 13.2 Å². The maximum absolute atomic E-state index is 12.9. The van der Waals surface area contributed by atoms with E-state index in [0.29, 0.717) is 6.54 Å². The fourth-order valence-electron chi connectivity index (χ4n) is 4.22. The number of aryl methyl sites for hydroxylation is 1. The molecule has 166 valence electrons. The summed E-state index contributed by atoms with van der Waals surface area (Å²) in [6, 6.07) is 22.4. The molecule has 1 fully saturated rings. The Labute approximate surface area is 195 Å². The van der Waals surface area contributed by atoms with Crippen molar-refractivity contribution in [2.24, 2.45) is 0 Å². The molecule has 0 spiro atoms. The summed E-state index contributed by atoms with van der Waals surface area (Å²) in [4.78, 5) is 15.2. The molecular formula is C27H29ClN2O2. The number of benzene rings is 3. The van der Waals surface area contributed by atoms with Crippen LogP contribution < -0.4 is 10.1 Å². The van der Waals surface area contributed by atoms with E-state index in [-0.39, 0.29) is 11.9 Å². The average molecular weight is 449 g/mol. The quantitative estimate of drug-likeness (QED) is 0.511. The third-order valence-electron chi connectivity index (χ3n) is 6.11. The number of amides is 1. The van der Waals surface area contributed by atoms with E-state index < -0.39 is 0 Å². The van der Waals surface area contributed by atoms with Crippen molar-refractivity contribution in [2.75, 3.05) is 13.7 Å². The number of hydrogen-bond acceptors (Lipinski definition) is 3. The van der Waals surface area contributed by atoms with Crippen LogP contribution in [0, 0.1) is 6.92 Å². The van der Waals surface area contributed by atoms with E-state index in [9.17, 15) is 4.79 Å². The Hall–Kier alpha value is -2.82. The first-order chi connectivity index (χ1) is 15.5. The van der Waals surface area contributed by atoms with Crippen LogP contribution in [0.5, 0.6) is 5.75 Å². The molecule has 1 atom stereocenters. The number of nitrogens with zero attached hydrogens (tertiary/aromatic N) is 1. The molecule has 0 aliphatic carbocycles. The van der Waals surface area contributed by atoms with Gasteiger partial charge in [0, 0.05) is 18.1 Å². The summed E-state index contributed by atoms with van der Waals surface area (Å²) in [5.74, 6) is 0.914. The van der Waals surface area contributed by atoms with Gasteiger partial charge in [0.15, 0.2) is 0 Å². The molecule has 0 radical (unpaired) electrons. The van der Waals surface area contributed by atoms with Gasteiger partial charge in [-0.2, -0.15) is 0 Å². The zero-order chi connectivity index (χ0) is 22.5. The predicted molar refractivity (Wildman–Crippen MR) is 130 cm³/mol. The van der Waals surface area contributed by atoms with Crippen LogP contribution in [-0.4, -0.2) is 30.5 Å². The largest absolute Gasteiger partial charge is 0.497 e. The lowest BCUT2D eigenvalue weighted by molar-refractivity contribution is -0.125. The molecule has 1 aliphatic rings. The zero-order valence-electron chi connectivity index (χ0n) is 18.6. The Morgan fingerprint density at radius 1 is 1.06 bits per heavy atom. The molecule has 1 heterocycles. The molecule has 0 bridgehead atoms. The lowest BCUT2D eigenvalue weighted by Gasteiger charge is -2.24. The van der Waals surface area contributed by atoms with Crippen molar-refractivity contribution >= 4 is 17.5 Å². The monoisotopic (exact) mass is 448 g/mol. The summed E-state index contributed by atoms with van der Waals surface area (Å²) in [5.41, 5.74) is 5.59. The second-order valence-electron chi connectivity index (χ2n) is 8.36. The SMILES string of the molecule is COc1ccc(CNC(=O)C2CCCN2Cc2cccc(-c3ccc(C)c(Cl)c3)c2)cc1. The highest BCUT2D eigenvalue weighted by molar-refractivity contribution is 6.31. The highest BCUT2D eigenvalue weighted by atomic mass is 35.5. The molecule has 0 saturated carbocycles. The van der Waals surface area contributed by atoms with Crippen LogP contribution in [0.2, 0.25) is 5.02 Å². The topological polar surface area (TPSA) is 41.6 Å². The van der Waals surface area contributed by atoms with Crippen molar-refractivity contribution < 1.29 is 9.53 Å². The van der Waals surface area contributed by atoms with Crippen LogP contribution in [0.4, 0.5) is 0 Å². The van der Waals surface area contributed by atoms with Crippen molar-refractivity contribution in [3.63, 3.8) is 0 Å². The number of likely N-dealkylation sites (tertiary alicyclic amines) is 1. The number of methoxy groups -OCH3 is 1. The van der Waals surface area contributed by atoms with Gasteiger partial charge in [0.2, 0.25) is 5.91 Å². The number of carbonyl (C=O) groups excluding carboxylic acids is 1. The number of rotatable bonds is 7. The van der Waals surface area contributed by atoms with E-state index in [4.69, 9.17) is 16.3 Å². The Kier molecular flexibility index (Phi) is 7.13. The van der Waals surface area contributed by atoms with Gasteiger partial charge in [-0.05, 0) is 78.4 Å². The summed E-state index contributed by atoms with van der Waals surface area (Å²) in [6.45, 7) is 4.22. The summed E-state index contributed by atoms with van der Waals surface area (Å²) >= 11 is 6.33. The van der Waals surface area contributed by atoms with Crippen molar-refractivity contribution in [2.45, 2.75) is 38.9 Å². The highest BCUT2D eigenvalue weighted by Crippen LogP contribution is 2.27. The highest BCUT2D eigenvalue weighted by Gasteiger charge is 2.30. The molecule has 1 amide bonds. The Morgan fingerprint density at radius 3 is 2.59 bits per heavy atom. The third-order valence-corrected chi connectivity index (χ3v) is 6.52. The zero-order valence-corrected chi connectivity index (χ0v) is 19.4. The fourth-order valence-corrected chi connectivity index (χ4v) is 4.40. The van der Waals surface area contributed by atoms with Gasteiger partial charge in [-0.25, -0.2) is 0 Å². The first-order valence-corrected chi connectivity index (χ1v) is 11.4. The number of hydrogen-bond donors (Lipinski definition) is 1. The molecule has 3 aromatic rings. The Morgan fingerprint density at radius 2 is 1.84 bits per heavy atom. The lowest BCUT2D eigenvalue weighted by Crippen LogP contribution is -2.42. The first-order valence-electron chi connectivity index (χ1n) is 11.0. The van der Waals surface area contributed by atoms with Crippen LogP contribution in [-0.2, 0) is 17.9 Å². The molecular weight excluding hydrogens is 420 g/mol. The molecule has 3 aromatic carbocycles. The van der Waals surface area contributed by atoms with E-state index >= 15 is 0 Å². The van der Waals surface area contributed by atoms with Gasteiger partial charge in [-0.15, -0.1) is 0 Å².